The smallest absolute Gasteiger partial charge is 0.462 e. The highest BCUT2D eigenvalue weighted by molar-refractivity contribution is 7.47. The lowest BCUT2D eigenvalue weighted by Gasteiger charge is -2.21. The summed E-state index contributed by atoms with van der Waals surface area (Å²) in [7, 11) is -4.76. The molecular weight excluding hydrogens is 976 g/mol. The van der Waals surface area contributed by atoms with Crippen molar-refractivity contribution < 1.29 is 52.2 Å². The number of esters is 3. The Balaban J connectivity index is 4.72. The predicted octanol–water partition coefficient (Wildman–Crippen LogP) is 18.3. The molecule has 3 unspecified atom stereocenters. The van der Waals surface area contributed by atoms with E-state index in [4.69, 9.17) is 23.3 Å². The molecule has 11 nitrogen and oxygen atoms in total. The first-order valence-corrected chi connectivity index (χ1v) is 32.0. The zero-order valence-electron chi connectivity index (χ0n) is 48.5. The number of carbonyl (C=O) groups is 3. The fraction of sp³-hybridized carbons (Fsp3) is 0.734. The molecule has 0 bridgehead atoms. The van der Waals surface area contributed by atoms with E-state index >= 15 is 0 Å². The summed E-state index contributed by atoms with van der Waals surface area (Å²) in [5.74, 6) is -1.50. The summed E-state index contributed by atoms with van der Waals surface area (Å²) in [6.07, 6.45) is 66.7. The standard InChI is InChI=1S/C64H111O11P/c1-4-7-10-13-16-19-22-25-27-29-30-32-34-37-40-43-46-49-52-55-64(68)75-61(57-71-62(66)53-50-47-44-41-38-35-24-21-18-15-12-9-6-3)59-73-76(69,70)72-58-60(56-65)74-63(67)54-51-48-45-42-39-36-33-31-28-26-23-20-17-14-11-8-5-2/h7,10,16-17,19-21,24-28,30,32,60-61,65H,4-6,8-9,11-15,18,22-23,29,31,33-59H2,1-3H3,(H,69,70)/b10-7-,19-16-,20-17-,24-21-,27-25-,28-26-,32-30-. The summed E-state index contributed by atoms with van der Waals surface area (Å²) in [6.45, 7) is 4.47. The Morgan fingerprint density at radius 2 is 0.684 bits per heavy atom. The Morgan fingerprint density at radius 1 is 0.382 bits per heavy atom. The van der Waals surface area contributed by atoms with Crippen LogP contribution in [-0.2, 0) is 42.2 Å². The van der Waals surface area contributed by atoms with Gasteiger partial charge in [0.05, 0.1) is 19.8 Å². The Bertz CT molecular complexity index is 1600. The van der Waals surface area contributed by atoms with Gasteiger partial charge in [0.2, 0.25) is 0 Å². The molecule has 0 heterocycles. The van der Waals surface area contributed by atoms with E-state index < -0.39 is 57.8 Å². The minimum absolute atomic E-state index is 0.147. The number of carbonyl (C=O) groups excluding carboxylic acids is 3. The van der Waals surface area contributed by atoms with Gasteiger partial charge in [-0.25, -0.2) is 4.57 Å². The van der Waals surface area contributed by atoms with Gasteiger partial charge in [0.1, 0.15) is 12.7 Å². The van der Waals surface area contributed by atoms with Crippen molar-refractivity contribution in [1.82, 2.24) is 0 Å². The second-order valence-corrected chi connectivity index (χ2v) is 21.6. The van der Waals surface area contributed by atoms with Gasteiger partial charge in [0, 0.05) is 19.3 Å². The highest BCUT2D eigenvalue weighted by Crippen LogP contribution is 2.43. The molecule has 0 rings (SSSR count). The van der Waals surface area contributed by atoms with Gasteiger partial charge in [-0.1, -0.05) is 215 Å². The topological polar surface area (TPSA) is 155 Å². The molecule has 0 aliphatic carbocycles. The van der Waals surface area contributed by atoms with E-state index in [0.717, 1.165) is 141 Å². The van der Waals surface area contributed by atoms with E-state index in [1.165, 1.54) is 64.2 Å². The minimum Gasteiger partial charge on any atom is -0.462 e. The van der Waals surface area contributed by atoms with Crippen molar-refractivity contribution in [1.29, 1.82) is 0 Å². The Hall–Kier alpha value is -3.34. The Kier molecular flexibility index (Phi) is 55.3. The van der Waals surface area contributed by atoms with Gasteiger partial charge in [-0.2, -0.15) is 0 Å². The van der Waals surface area contributed by atoms with Crippen LogP contribution in [0.25, 0.3) is 0 Å². The number of aliphatic hydroxyl groups excluding tert-OH is 1. The number of phosphoric ester groups is 1. The number of ether oxygens (including phenoxy) is 3. The van der Waals surface area contributed by atoms with Crippen LogP contribution in [0.3, 0.4) is 0 Å². The molecule has 12 heteroatoms. The number of hydrogen-bond donors (Lipinski definition) is 2. The number of phosphoric acid groups is 1. The number of hydrogen-bond acceptors (Lipinski definition) is 10. The lowest BCUT2D eigenvalue weighted by Crippen LogP contribution is -2.30. The molecule has 2 N–H and O–H groups in total. The number of rotatable bonds is 56. The first-order chi connectivity index (χ1) is 37.2. The van der Waals surface area contributed by atoms with Gasteiger partial charge in [0.25, 0.3) is 0 Å². The molecule has 0 saturated heterocycles. The van der Waals surface area contributed by atoms with Gasteiger partial charge < -0.3 is 24.2 Å². The van der Waals surface area contributed by atoms with Crippen molar-refractivity contribution in [2.45, 2.75) is 277 Å². The molecule has 0 radical (unpaired) electrons. The highest BCUT2D eigenvalue weighted by Gasteiger charge is 2.28. The number of unbranched alkanes of at least 4 members (excludes halogenated alkanes) is 25. The van der Waals surface area contributed by atoms with E-state index in [1.54, 1.807) is 0 Å². The second kappa shape index (κ2) is 57.8. The van der Waals surface area contributed by atoms with Gasteiger partial charge in [0.15, 0.2) is 6.10 Å². The van der Waals surface area contributed by atoms with Crippen LogP contribution >= 0.6 is 7.82 Å². The van der Waals surface area contributed by atoms with Crippen LogP contribution in [0, 0.1) is 0 Å². The van der Waals surface area contributed by atoms with Crippen LogP contribution in [0.4, 0.5) is 0 Å². The minimum atomic E-state index is -4.76. The van der Waals surface area contributed by atoms with Gasteiger partial charge in [-0.3, -0.25) is 23.4 Å². The molecule has 0 spiro atoms. The Labute approximate surface area is 464 Å². The largest absolute Gasteiger partial charge is 0.472 e. The number of aliphatic hydroxyl groups is 1. The van der Waals surface area contributed by atoms with Crippen molar-refractivity contribution >= 4 is 25.7 Å². The van der Waals surface area contributed by atoms with Crippen LogP contribution in [0.2, 0.25) is 0 Å². The lowest BCUT2D eigenvalue weighted by atomic mass is 10.1. The highest BCUT2D eigenvalue weighted by atomic mass is 31.2. The average Bonchev–Trinajstić information content (AvgIpc) is 3.41. The van der Waals surface area contributed by atoms with E-state index in [-0.39, 0.29) is 25.9 Å². The molecule has 0 aromatic carbocycles. The Morgan fingerprint density at radius 3 is 1.09 bits per heavy atom. The molecule has 0 aliphatic rings. The number of allylic oxidation sites excluding steroid dienone is 14. The van der Waals surface area contributed by atoms with Crippen molar-refractivity contribution in [3.05, 3.63) is 85.1 Å². The normalized spacial score (nSPS) is 13.9. The predicted molar refractivity (Wildman–Crippen MR) is 316 cm³/mol. The first kappa shape index (κ1) is 72.7. The van der Waals surface area contributed by atoms with E-state index in [9.17, 15) is 28.9 Å². The lowest BCUT2D eigenvalue weighted by molar-refractivity contribution is -0.161. The second-order valence-electron chi connectivity index (χ2n) is 20.1. The molecule has 76 heavy (non-hydrogen) atoms. The van der Waals surface area contributed by atoms with E-state index in [1.807, 2.05) is 0 Å². The molecule has 3 atom stereocenters. The van der Waals surface area contributed by atoms with Crippen LogP contribution in [-0.4, -0.2) is 66.5 Å². The summed E-state index contributed by atoms with van der Waals surface area (Å²) < 4.78 is 39.6. The fourth-order valence-corrected chi connectivity index (χ4v) is 8.92. The van der Waals surface area contributed by atoms with Crippen molar-refractivity contribution in [2.24, 2.45) is 0 Å². The van der Waals surface area contributed by atoms with Crippen LogP contribution < -0.4 is 0 Å². The third-order valence-electron chi connectivity index (χ3n) is 12.8. The zero-order valence-corrected chi connectivity index (χ0v) is 49.3. The molecule has 438 valence electrons. The van der Waals surface area contributed by atoms with Crippen molar-refractivity contribution in [3.63, 3.8) is 0 Å². The van der Waals surface area contributed by atoms with Crippen LogP contribution in [0.1, 0.15) is 265 Å². The summed E-state index contributed by atoms with van der Waals surface area (Å²) in [5, 5.41) is 9.84. The maximum atomic E-state index is 12.9. The summed E-state index contributed by atoms with van der Waals surface area (Å²) in [6, 6.07) is 0. The summed E-state index contributed by atoms with van der Waals surface area (Å²) >= 11 is 0. The van der Waals surface area contributed by atoms with Gasteiger partial charge in [-0.15, -0.1) is 0 Å². The third kappa shape index (κ3) is 55.4. The molecule has 0 aromatic heterocycles. The SMILES string of the molecule is CC/C=C\C/C=C\C/C=C\C/C=C\CCCCCCCCC(=O)OC(COC(=O)CCCCCCC/C=C\CCCCCC)COP(=O)(O)OCC(CO)OC(=O)CCCCCCCCC/C=C\C/C=C\CCCCC. The quantitative estimate of drug-likeness (QED) is 0.0197. The zero-order chi connectivity index (χ0) is 55.5. The van der Waals surface area contributed by atoms with Gasteiger partial charge in [-0.05, 0) is 116 Å². The molecule has 0 saturated carbocycles. The van der Waals surface area contributed by atoms with E-state index in [0.29, 0.717) is 19.3 Å². The van der Waals surface area contributed by atoms with E-state index in [2.05, 4.69) is 106 Å². The molecule has 0 aliphatic heterocycles. The van der Waals surface area contributed by atoms with Crippen molar-refractivity contribution in [2.75, 3.05) is 26.4 Å². The van der Waals surface area contributed by atoms with Gasteiger partial charge >= 0.3 is 25.7 Å². The third-order valence-corrected chi connectivity index (χ3v) is 13.7. The van der Waals surface area contributed by atoms with Crippen molar-refractivity contribution in [3.8, 4) is 0 Å². The summed E-state index contributed by atoms with van der Waals surface area (Å²) in [5.41, 5.74) is 0. The van der Waals surface area contributed by atoms with Crippen LogP contribution in [0.5, 0.6) is 0 Å². The maximum Gasteiger partial charge on any atom is 0.472 e. The average molecular weight is 1090 g/mol. The monoisotopic (exact) mass is 1090 g/mol. The molecule has 0 fully saturated rings. The summed E-state index contributed by atoms with van der Waals surface area (Å²) in [4.78, 5) is 48.6. The molecular formula is C64H111O11P. The van der Waals surface area contributed by atoms with Crippen LogP contribution in [0.15, 0.2) is 85.1 Å². The first-order valence-electron chi connectivity index (χ1n) is 30.5. The molecule has 0 amide bonds. The maximum absolute atomic E-state index is 12.9. The molecule has 0 aromatic rings. The fourth-order valence-electron chi connectivity index (χ4n) is 8.14.